The van der Waals surface area contributed by atoms with E-state index in [-0.39, 0.29) is 23.6 Å². The summed E-state index contributed by atoms with van der Waals surface area (Å²) < 4.78 is 49.1. The van der Waals surface area contributed by atoms with Crippen molar-refractivity contribution in [2.45, 2.75) is 26.2 Å². The Bertz CT molecular complexity index is 837. The SMILES string of the molecule is CCOC(=O)c1cnn(CC(=O)N(Cc2ccco2)CC(F)(F)F)c1C#N. The van der Waals surface area contributed by atoms with Crippen LogP contribution in [0.3, 0.4) is 0 Å². The van der Waals surface area contributed by atoms with Crippen molar-refractivity contribution < 1.29 is 31.9 Å². The molecule has 0 aromatic carbocycles. The minimum absolute atomic E-state index is 0.0658. The Morgan fingerprint density at radius 2 is 2.19 bits per heavy atom. The van der Waals surface area contributed by atoms with Gasteiger partial charge in [-0.05, 0) is 19.1 Å². The van der Waals surface area contributed by atoms with Gasteiger partial charge in [0.2, 0.25) is 5.91 Å². The van der Waals surface area contributed by atoms with E-state index in [1.807, 2.05) is 0 Å². The lowest BCUT2D eigenvalue weighted by Crippen LogP contribution is -2.40. The summed E-state index contributed by atoms with van der Waals surface area (Å²) >= 11 is 0. The molecule has 0 atom stereocenters. The highest BCUT2D eigenvalue weighted by atomic mass is 19.4. The van der Waals surface area contributed by atoms with E-state index in [1.165, 1.54) is 18.4 Å². The van der Waals surface area contributed by atoms with Crippen molar-refractivity contribution >= 4 is 11.9 Å². The van der Waals surface area contributed by atoms with Crippen LogP contribution in [0.5, 0.6) is 0 Å². The van der Waals surface area contributed by atoms with Crippen LogP contribution in [0, 0.1) is 11.3 Å². The maximum atomic E-state index is 12.8. The van der Waals surface area contributed by atoms with Gasteiger partial charge < -0.3 is 14.1 Å². The van der Waals surface area contributed by atoms with Gasteiger partial charge in [0.25, 0.3) is 0 Å². The van der Waals surface area contributed by atoms with Crippen molar-refractivity contribution in [2.75, 3.05) is 13.2 Å². The molecule has 0 bridgehead atoms. The Morgan fingerprint density at radius 3 is 2.74 bits per heavy atom. The number of carbonyl (C=O) groups is 2. The molecule has 0 N–H and O–H groups in total. The maximum Gasteiger partial charge on any atom is 0.406 e. The Morgan fingerprint density at radius 1 is 1.44 bits per heavy atom. The molecule has 27 heavy (non-hydrogen) atoms. The number of ether oxygens (including phenoxy) is 1. The van der Waals surface area contributed by atoms with Gasteiger partial charge in [-0.3, -0.25) is 4.79 Å². The molecule has 0 aliphatic rings. The molecule has 1 amide bonds. The smallest absolute Gasteiger partial charge is 0.406 e. The van der Waals surface area contributed by atoms with Crippen LogP contribution in [0.1, 0.15) is 28.7 Å². The van der Waals surface area contributed by atoms with Crippen LogP contribution in [0.4, 0.5) is 13.2 Å². The summed E-state index contributed by atoms with van der Waals surface area (Å²) in [6, 6.07) is 4.63. The molecule has 2 heterocycles. The number of amides is 1. The zero-order valence-electron chi connectivity index (χ0n) is 14.2. The molecular formula is C16H15F3N4O4. The first-order chi connectivity index (χ1) is 12.7. The fraction of sp³-hybridized carbons (Fsp3) is 0.375. The Balaban J connectivity index is 2.21. The van der Waals surface area contributed by atoms with E-state index >= 15 is 0 Å². The largest absolute Gasteiger partial charge is 0.467 e. The molecular weight excluding hydrogens is 369 g/mol. The van der Waals surface area contributed by atoms with E-state index in [9.17, 15) is 28.0 Å². The van der Waals surface area contributed by atoms with Gasteiger partial charge in [-0.2, -0.15) is 23.5 Å². The molecule has 0 aliphatic heterocycles. The molecule has 0 fully saturated rings. The molecule has 0 radical (unpaired) electrons. The number of carbonyl (C=O) groups excluding carboxylic acids is 2. The lowest BCUT2D eigenvalue weighted by molar-refractivity contribution is -0.163. The predicted octanol–water partition coefficient (Wildman–Crippen LogP) is 2.12. The summed E-state index contributed by atoms with van der Waals surface area (Å²) in [7, 11) is 0. The molecule has 2 aromatic heterocycles. The summed E-state index contributed by atoms with van der Waals surface area (Å²) in [6.07, 6.45) is -2.32. The normalized spacial score (nSPS) is 11.1. The molecule has 0 saturated carbocycles. The van der Waals surface area contributed by atoms with E-state index in [2.05, 4.69) is 5.10 Å². The van der Waals surface area contributed by atoms with Crippen molar-refractivity contribution in [3.8, 4) is 6.07 Å². The average molecular weight is 384 g/mol. The van der Waals surface area contributed by atoms with Gasteiger partial charge in [0.1, 0.15) is 30.5 Å². The predicted molar refractivity (Wildman–Crippen MR) is 83.1 cm³/mol. The Hall–Kier alpha value is -3.29. The van der Waals surface area contributed by atoms with Gasteiger partial charge >= 0.3 is 12.1 Å². The highest BCUT2D eigenvalue weighted by molar-refractivity contribution is 5.91. The van der Waals surface area contributed by atoms with Crippen LogP contribution in [-0.4, -0.2) is 45.9 Å². The van der Waals surface area contributed by atoms with E-state index in [0.29, 0.717) is 4.90 Å². The summed E-state index contributed by atoms with van der Waals surface area (Å²) in [6.45, 7) is -0.920. The van der Waals surface area contributed by atoms with Crippen molar-refractivity contribution in [1.82, 2.24) is 14.7 Å². The van der Waals surface area contributed by atoms with Gasteiger partial charge in [-0.25, -0.2) is 9.48 Å². The number of esters is 1. The van der Waals surface area contributed by atoms with Crippen molar-refractivity contribution in [1.29, 1.82) is 5.26 Å². The number of rotatable bonds is 7. The summed E-state index contributed by atoms with van der Waals surface area (Å²) in [4.78, 5) is 24.7. The molecule has 11 heteroatoms. The first kappa shape index (κ1) is 20.0. The topological polar surface area (TPSA) is 101 Å². The highest BCUT2D eigenvalue weighted by Gasteiger charge is 2.34. The first-order valence-corrected chi connectivity index (χ1v) is 7.75. The standard InChI is InChI=1S/C16H15F3N4O4/c1-2-26-15(25)12-7-21-23(13(12)6-20)9-14(24)22(10-16(17,18)19)8-11-4-3-5-27-11/h3-5,7H,2,8-10H2,1H3. The molecule has 0 spiro atoms. The second-order valence-corrected chi connectivity index (χ2v) is 5.34. The molecule has 8 nitrogen and oxygen atoms in total. The lowest BCUT2D eigenvalue weighted by Gasteiger charge is -2.23. The third kappa shape index (κ3) is 5.34. The van der Waals surface area contributed by atoms with Crippen molar-refractivity contribution in [3.63, 3.8) is 0 Å². The molecule has 2 aromatic rings. The molecule has 0 unspecified atom stereocenters. The van der Waals surface area contributed by atoms with Crippen LogP contribution in [0.2, 0.25) is 0 Å². The number of nitriles is 1. The van der Waals surface area contributed by atoms with Gasteiger partial charge in [-0.15, -0.1) is 0 Å². The molecule has 144 valence electrons. The molecule has 2 rings (SSSR count). The summed E-state index contributed by atoms with van der Waals surface area (Å²) in [5.41, 5.74) is -0.438. The van der Waals surface area contributed by atoms with E-state index in [1.54, 1.807) is 13.0 Å². The Kier molecular flexibility index (Phi) is 6.23. The zero-order chi connectivity index (χ0) is 20.0. The van der Waals surface area contributed by atoms with Gasteiger partial charge in [0, 0.05) is 0 Å². The van der Waals surface area contributed by atoms with Crippen LogP contribution in [-0.2, 0) is 22.6 Å². The number of hydrogen-bond acceptors (Lipinski definition) is 6. The number of alkyl halides is 3. The minimum atomic E-state index is -4.62. The number of furan rings is 1. The second kappa shape index (κ2) is 8.39. The second-order valence-electron chi connectivity index (χ2n) is 5.34. The fourth-order valence-corrected chi connectivity index (χ4v) is 2.25. The zero-order valence-corrected chi connectivity index (χ0v) is 14.2. The monoisotopic (exact) mass is 384 g/mol. The van der Waals surface area contributed by atoms with Crippen LogP contribution in [0.25, 0.3) is 0 Å². The van der Waals surface area contributed by atoms with Crippen LogP contribution < -0.4 is 0 Å². The molecule has 0 saturated heterocycles. The molecule has 0 aliphatic carbocycles. The van der Waals surface area contributed by atoms with Crippen molar-refractivity contribution in [2.24, 2.45) is 0 Å². The summed E-state index contributed by atoms with van der Waals surface area (Å²) in [5, 5.41) is 13.0. The fourth-order valence-electron chi connectivity index (χ4n) is 2.25. The van der Waals surface area contributed by atoms with Gasteiger partial charge in [0.15, 0.2) is 5.69 Å². The average Bonchev–Trinajstić information content (AvgIpc) is 3.22. The highest BCUT2D eigenvalue weighted by Crippen LogP contribution is 2.19. The maximum absolute atomic E-state index is 12.8. The van der Waals surface area contributed by atoms with E-state index in [0.717, 1.165) is 10.9 Å². The lowest BCUT2D eigenvalue weighted by atomic mass is 10.2. The third-order valence-corrected chi connectivity index (χ3v) is 3.38. The number of hydrogen-bond donors (Lipinski definition) is 0. The van der Waals surface area contributed by atoms with Crippen molar-refractivity contribution in [3.05, 3.63) is 41.6 Å². The number of halogens is 3. The van der Waals surface area contributed by atoms with E-state index in [4.69, 9.17) is 9.15 Å². The van der Waals surface area contributed by atoms with Gasteiger partial charge in [-0.1, -0.05) is 0 Å². The Labute approximate surface area is 151 Å². The van der Waals surface area contributed by atoms with E-state index < -0.39 is 37.7 Å². The summed E-state index contributed by atoms with van der Waals surface area (Å²) in [5.74, 6) is -1.59. The number of aromatic nitrogens is 2. The number of nitrogens with zero attached hydrogens (tertiary/aromatic N) is 4. The van der Waals surface area contributed by atoms with Crippen LogP contribution >= 0.6 is 0 Å². The first-order valence-electron chi connectivity index (χ1n) is 7.75. The van der Waals surface area contributed by atoms with Crippen LogP contribution in [0.15, 0.2) is 29.0 Å². The van der Waals surface area contributed by atoms with Gasteiger partial charge in [0.05, 0.1) is 25.6 Å². The quantitative estimate of drug-likeness (QED) is 0.678. The third-order valence-electron chi connectivity index (χ3n) is 3.38. The minimum Gasteiger partial charge on any atom is -0.467 e.